The second kappa shape index (κ2) is 4.89. The highest BCUT2D eigenvalue weighted by molar-refractivity contribution is 14.2. The van der Waals surface area contributed by atoms with Gasteiger partial charge in [-0.25, -0.2) is 4.98 Å². The van der Waals surface area contributed by atoms with Crippen LogP contribution in [0.25, 0.3) is 0 Å². The lowest BCUT2D eigenvalue weighted by atomic mass is 10.4. The van der Waals surface area contributed by atoms with E-state index in [0.29, 0.717) is 12.0 Å². The van der Waals surface area contributed by atoms with Gasteiger partial charge in [-0.1, -0.05) is 6.07 Å². The van der Waals surface area contributed by atoms with Gasteiger partial charge in [0.2, 0.25) is 5.88 Å². The molecule has 1 saturated carbocycles. The van der Waals surface area contributed by atoms with Crippen LogP contribution in [0.3, 0.4) is 0 Å². The quantitative estimate of drug-likeness (QED) is 0.618. The van der Waals surface area contributed by atoms with Crippen LogP contribution in [0.2, 0.25) is 0 Å². The van der Waals surface area contributed by atoms with E-state index in [2.05, 4.69) is 37.4 Å². The zero-order valence-corrected chi connectivity index (χ0v) is 10.3. The van der Waals surface area contributed by atoms with E-state index in [0.717, 1.165) is 18.5 Å². The van der Waals surface area contributed by atoms with Gasteiger partial charge >= 0.3 is 0 Å². The van der Waals surface area contributed by atoms with E-state index in [-0.39, 0.29) is 0 Å². The van der Waals surface area contributed by atoms with Gasteiger partial charge < -0.3 is 4.74 Å². The van der Waals surface area contributed by atoms with Crippen molar-refractivity contribution in [3.05, 3.63) is 23.9 Å². The van der Waals surface area contributed by atoms with Crippen LogP contribution >= 0.6 is 30.1 Å². The maximum Gasteiger partial charge on any atom is 0.214 e. The van der Waals surface area contributed by atoms with Crippen molar-refractivity contribution in [3.63, 3.8) is 0 Å². The smallest absolute Gasteiger partial charge is 0.214 e. The van der Waals surface area contributed by atoms with Crippen LogP contribution in [0, 0.1) is 11.2 Å². The molecule has 0 N–H and O–H groups in total. The Morgan fingerprint density at radius 3 is 3.07 bits per heavy atom. The molecule has 2 nitrogen and oxygen atoms in total. The number of hydrogen-bond acceptors (Lipinski definition) is 3. The molecule has 1 aromatic rings. The molecule has 72 valence electrons. The van der Waals surface area contributed by atoms with Crippen molar-refractivity contribution in [2.75, 3.05) is 0 Å². The van der Waals surface area contributed by atoms with Gasteiger partial charge in [0.15, 0.2) is 0 Å². The molecule has 0 atom stereocenters. The maximum atomic E-state index is 5.56. The second-order valence-electron chi connectivity index (χ2n) is 2.98. The van der Waals surface area contributed by atoms with Crippen molar-refractivity contribution >= 4 is 30.1 Å². The Morgan fingerprint density at radius 2 is 2.36 bits per heavy atom. The topological polar surface area (TPSA) is 22.1 Å². The molecule has 0 unspecified atom stereocenters. The van der Waals surface area contributed by atoms with E-state index in [1.54, 1.807) is 0 Å². The summed E-state index contributed by atoms with van der Waals surface area (Å²) >= 11 is 2.14. The van der Waals surface area contributed by atoms with Crippen molar-refractivity contribution in [1.29, 1.82) is 0 Å². The number of ether oxygens (including phenoxy) is 1. The fourth-order valence-corrected chi connectivity index (χ4v) is 1.45. The summed E-state index contributed by atoms with van der Waals surface area (Å²) in [7, 11) is 1.46. The minimum absolute atomic E-state index is 0.393. The lowest BCUT2D eigenvalue weighted by Crippen LogP contribution is -1.98. The number of pyridine rings is 1. The molecule has 1 fully saturated rings. The Balaban J connectivity index is 2.08. The average Bonchev–Trinajstić information content (AvgIpc) is 2.99. The first kappa shape index (κ1) is 10.1. The molecule has 0 aliphatic heterocycles. The first-order chi connectivity index (χ1) is 6.88. The minimum Gasteiger partial charge on any atom is -0.474 e. The number of nitrogens with zero attached hydrogens (tertiary/aromatic N) is 1. The van der Waals surface area contributed by atoms with Crippen LogP contribution in [0.15, 0.2) is 18.2 Å². The molecule has 14 heavy (non-hydrogen) atoms. The average molecular weight is 317 g/mol. The predicted octanol–water partition coefficient (Wildman–Crippen LogP) is 3.02. The van der Waals surface area contributed by atoms with Crippen LogP contribution in [0.1, 0.15) is 18.5 Å². The van der Waals surface area contributed by atoms with Crippen molar-refractivity contribution in [1.82, 2.24) is 4.98 Å². The summed E-state index contributed by atoms with van der Waals surface area (Å²) in [6.07, 6.45) is 2.70. The lowest BCUT2D eigenvalue weighted by molar-refractivity contribution is 0.291. The van der Waals surface area contributed by atoms with Crippen LogP contribution in [0.5, 0.6) is 5.88 Å². The highest BCUT2D eigenvalue weighted by Crippen LogP contribution is 2.25. The van der Waals surface area contributed by atoms with Crippen molar-refractivity contribution in [2.24, 2.45) is 0 Å². The Morgan fingerprint density at radius 1 is 1.50 bits per heavy atom. The fraction of sp³-hybridized carbons (Fsp3) is 0.300. The van der Waals surface area contributed by atoms with Crippen LogP contribution < -0.4 is 4.74 Å². The minimum atomic E-state index is 0.393. The molecule has 1 aromatic heterocycles. The Hall–Kier alpha value is -0.410. The van der Waals surface area contributed by atoms with Crippen molar-refractivity contribution < 1.29 is 4.74 Å². The van der Waals surface area contributed by atoms with Crippen molar-refractivity contribution in [3.8, 4) is 17.1 Å². The summed E-state index contributed by atoms with van der Waals surface area (Å²) in [6.45, 7) is 0. The molecule has 4 heteroatoms. The molecule has 0 aromatic carbocycles. The second-order valence-corrected chi connectivity index (χ2v) is 4.66. The van der Waals surface area contributed by atoms with Gasteiger partial charge in [0.1, 0.15) is 11.8 Å². The Bertz CT molecular complexity index is 381. The highest BCUT2D eigenvalue weighted by Gasteiger charge is 2.23. The van der Waals surface area contributed by atoms with Gasteiger partial charge in [-0.15, -0.1) is 0 Å². The van der Waals surface area contributed by atoms with E-state index in [1.165, 1.54) is 8.93 Å². The van der Waals surface area contributed by atoms with Crippen LogP contribution in [-0.2, 0) is 0 Å². The predicted molar refractivity (Wildman–Crippen MR) is 66.4 cm³/mol. The molecule has 0 saturated heterocycles. The molecule has 2 rings (SSSR count). The maximum absolute atomic E-state index is 5.56. The summed E-state index contributed by atoms with van der Waals surface area (Å²) in [6, 6.07) is 5.69. The summed E-state index contributed by atoms with van der Waals surface area (Å²) in [4.78, 5) is 4.28. The zero-order valence-electron chi connectivity index (χ0n) is 7.37. The van der Waals surface area contributed by atoms with Gasteiger partial charge in [-0.3, -0.25) is 0 Å². The Labute approximate surface area is 99.4 Å². The standard InChI is InChI=1S/C10H8INOS/c11-14-7-6-8-2-1-3-10(12-8)13-9-4-5-9/h1-3,9H,4-5H2. The van der Waals surface area contributed by atoms with E-state index in [9.17, 15) is 0 Å². The molecule has 0 spiro atoms. The molecule has 1 aliphatic carbocycles. The molecule has 1 aliphatic rings. The number of hydrogen-bond donors (Lipinski definition) is 0. The summed E-state index contributed by atoms with van der Waals surface area (Å²) in [5.74, 6) is 3.64. The molecular formula is C10H8INOS. The van der Waals surface area contributed by atoms with Crippen molar-refractivity contribution in [2.45, 2.75) is 18.9 Å². The van der Waals surface area contributed by atoms with E-state index >= 15 is 0 Å². The van der Waals surface area contributed by atoms with Gasteiger partial charge in [0, 0.05) is 27.3 Å². The van der Waals surface area contributed by atoms with E-state index in [4.69, 9.17) is 4.74 Å². The highest BCUT2D eigenvalue weighted by atomic mass is 127. The molecule has 0 radical (unpaired) electrons. The third-order valence-electron chi connectivity index (χ3n) is 1.75. The first-order valence-electron chi connectivity index (χ1n) is 4.31. The van der Waals surface area contributed by atoms with Gasteiger partial charge in [0.25, 0.3) is 0 Å². The van der Waals surface area contributed by atoms with Crippen LogP contribution in [0.4, 0.5) is 0 Å². The third-order valence-corrected chi connectivity index (χ3v) is 2.59. The first-order valence-corrected chi connectivity index (χ1v) is 7.67. The fourth-order valence-electron chi connectivity index (χ4n) is 0.978. The van der Waals surface area contributed by atoms with E-state index in [1.807, 2.05) is 18.2 Å². The summed E-state index contributed by atoms with van der Waals surface area (Å²) < 4.78 is 5.56. The molecule has 1 heterocycles. The lowest BCUT2D eigenvalue weighted by Gasteiger charge is -2.01. The number of halogens is 1. The monoisotopic (exact) mass is 317 g/mol. The zero-order chi connectivity index (χ0) is 9.80. The molecule has 0 bridgehead atoms. The third kappa shape index (κ3) is 3.07. The van der Waals surface area contributed by atoms with Crippen LogP contribution in [-0.4, -0.2) is 11.1 Å². The Kier molecular flexibility index (Phi) is 3.54. The number of aromatic nitrogens is 1. The summed E-state index contributed by atoms with van der Waals surface area (Å²) in [5, 5.41) is 2.90. The van der Waals surface area contributed by atoms with Gasteiger partial charge in [0.05, 0.1) is 0 Å². The summed E-state index contributed by atoms with van der Waals surface area (Å²) in [5.41, 5.74) is 0.771. The number of rotatable bonds is 2. The van der Waals surface area contributed by atoms with Gasteiger partial charge in [-0.05, 0) is 39.0 Å². The normalized spacial score (nSPS) is 14.4. The SMILES string of the molecule is ISC#Cc1cccc(OC2CC2)n1. The molecule has 0 amide bonds. The largest absolute Gasteiger partial charge is 0.474 e. The van der Waals surface area contributed by atoms with Gasteiger partial charge in [-0.2, -0.15) is 0 Å². The molecular weight excluding hydrogens is 309 g/mol. The van der Waals surface area contributed by atoms with E-state index < -0.39 is 0 Å².